The summed E-state index contributed by atoms with van der Waals surface area (Å²) in [5, 5.41) is 4.28. The van der Waals surface area contributed by atoms with E-state index in [4.69, 9.17) is 17.3 Å². The highest BCUT2D eigenvalue weighted by atomic mass is 35.5. The molecular weight excluding hydrogens is 241 g/mol. The molecule has 1 aromatic carbocycles. The summed E-state index contributed by atoms with van der Waals surface area (Å²) in [6.45, 7) is 3.73. The van der Waals surface area contributed by atoms with Gasteiger partial charge < -0.3 is 5.73 Å². The van der Waals surface area contributed by atoms with Crippen molar-refractivity contribution < 1.29 is 4.39 Å². The molecule has 0 unspecified atom stereocenters. The Morgan fingerprint density at radius 3 is 2.53 bits per heavy atom. The number of nitrogens with two attached hydrogens (primary N) is 1. The molecule has 0 saturated carbocycles. The molecule has 0 radical (unpaired) electrons. The number of aryl methyl sites for hydroxylation is 2. The Balaban J connectivity index is 2.74. The third kappa shape index (κ3) is 1.89. The second kappa shape index (κ2) is 4.04. The van der Waals surface area contributed by atoms with Crippen LogP contribution in [0.1, 0.15) is 11.1 Å². The molecule has 3 nitrogen and oxygen atoms in total. The molecule has 90 valence electrons. The van der Waals surface area contributed by atoms with Crippen molar-refractivity contribution in [3.8, 4) is 11.3 Å². The van der Waals surface area contributed by atoms with Gasteiger partial charge in [0, 0.05) is 18.7 Å². The van der Waals surface area contributed by atoms with Gasteiger partial charge >= 0.3 is 0 Å². The molecule has 1 heterocycles. The quantitative estimate of drug-likeness (QED) is 0.849. The van der Waals surface area contributed by atoms with Gasteiger partial charge in [-0.05, 0) is 31.0 Å². The first-order chi connectivity index (χ1) is 7.91. The molecule has 0 aliphatic heterocycles. The molecule has 0 amide bonds. The Labute approximate surface area is 104 Å². The minimum absolute atomic E-state index is 0.104. The lowest BCUT2D eigenvalue weighted by atomic mass is 10.0. The number of hydrogen-bond donors (Lipinski definition) is 1. The SMILES string of the molecule is Cc1cc(Cl)c(F)c(-c2cc(N)n(C)n2)c1C. The van der Waals surface area contributed by atoms with E-state index in [-0.39, 0.29) is 5.02 Å². The largest absolute Gasteiger partial charge is 0.384 e. The highest BCUT2D eigenvalue weighted by molar-refractivity contribution is 6.31. The van der Waals surface area contributed by atoms with Gasteiger partial charge in [0.1, 0.15) is 5.82 Å². The molecule has 0 saturated heterocycles. The van der Waals surface area contributed by atoms with Gasteiger partial charge in [0.2, 0.25) is 0 Å². The van der Waals surface area contributed by atoms with Crippen LogP contribution in [-0.4, -0.2) is 9.78 Å². The number of nitrogen functional groups attached to an aromatic ring is 1. The summed E-state index contributed by atoms with van der Waals surface area (Å²) in [6, 6.07) is 3.25. The zero-order valence-corrected chi connectivity index (χ0v) is 10.6. The maximum atomic E-state index is 14.0. The van der Waals surface area contributed by atoms with Crippen LogP contribution in [0.5, 0.6) is 0 Å². The van der Waals surface area contributed by atoms with E-state index in [1.54, 1.807) is 19.2 Å². The van der Waals surface area contributed by atoms with E-state index in [2.05, 4.69) is 5.10 Å². The molecule has 2 aromatic rings. The van der Waals surface area contributed by atoms with Crippen molar-refractivity contribution in [1.29, 1.82) is 0 Å². The first kappa shape index (κ1) is 11.9. The van der Waals surface area contributed by atoms with Gasteiger partial charge in [-0.25, -0.2) is 4.39 Å². The van der Waals surface area contributed by atoms with E-state index in [9.17, 15) is 4.39 Å². The van der Waals surface area contributed by atoms with E-state index in [0.29, 0.717) is 17.1 Å². The highest BCUT2D eigenvalue weighted by Gasteiger charge is 2.17. The number of hydrogen-bond acceptors (Lipinski definition) is 2. The standard InChI is InChI=1S/C12H13ClFN3/c1-6-4-8(13)12(14)11(7(6)2)9-5-10(15)17(3)16-9/h4-5H,15H2,1-3H3. The molecule has 0 aliphatic rings. The number of benzene rings is 1. The Morgan fingerprint density at radius 1 is 1.35 bits per heavy atom. The molecule has 0 bridgehead atoms. The van der Waals surface area contributed by atoms with Gasteiger partial charge in [-0.15, -0.1) is 0 Å². The molecule has 2 N–H and O–H groups in total. The van der Waals surface area contributed by atoms with E-state index in [0.717, 1.165) is 11.1 Å². The maximum absolute atomic E-state index is 14.0. The molecule has 0 atom stereocenters. The van der Waals surface area contributed by atoms with Gasteiger partial charge in [-0.1, -0.05) is 11.6 Å². The average Bonchev–Trinajstić information content (AvgIpc) is 2.57. The summed E-state index contributed by atoms with van der Waals surface area (Å²) < 4.78 is 15.6. The van der Waals surface area contributed by atoms with Crippen LogP contribution in [0.2, 0.25) is 5.02 Å². The third-order valence-electron chi connectivity index (χ3n) is 2.91. The topological polar surface area (TPSA) is 43.8 Å². The lowest BCUT2D eigenvalue weighted by molar-refractivity contribution is 0.628. The van der Waals surface area contributed by atoms with Crippen molar-refractivity contribution >= 4 is 17.4 Å². The first-order valence-electron chi connectivity index (χ1n) is 5.17. The Hall–Kier alpha value is -1.55. The Kier molecular flexibility index (Phi) is 2.83. The lowest BCUT2D eigenvalue weighted by Crippen LogP contribution is -1.98. The van der Waals surface area contributed by atoms with Gasteiger partial charge in [0.15, 0.2) is 5.82 Å². The summed E-state index contributed by atoms with van der Waals surface area (Å²) in [6.07, 6.45) is 0. The summed E-state index contributed by atoms with van der Waals surface area (Å²) in [4.78, 5) is 0. The third-order valence-corrected chi connectivity index (χ3v) is 3.19. The van der Waals surface area contributed by atoms with Crippen LogP contribution in [-0.2, 0) is 7.05 Å². The molecule has 1 aromatic heterocycles. The van der Waals surface area contributed by atoms with Crippen molar-refractivity contribution in [2.45, 2.75) is 13.8 Å². The zero-order valence-electron chi connectivity index (χ0n) is 9.88. The Bertz CT molecular complexity index is 544. The zero-order chi connectivity index (χ0) is 12.7. The normalized spacial score (nSPS) is 10.9. The number of nitrogens with zero attached hydrogens (tertiary/aromatic N) is 2. The van der Waals surface area contributed by atoms with Gasteiger partial charge in [-0.3, -0.25) is 4.68 Å². The molecule has 2 rings (SSSR count). The van der Waals surface area contributed by atoms with Gasteiger partial charge in [-0.2, -0.15) is 5.10 Å². The Morgan fingerprint density at radius 2 is 2.00 bits per heavy atom. The van der Waals surface area contributed by atoms with Crippen LogP contribution in [0.3, 0.4) is 0 Å². The number of aromatic nitrogens is 2. The van der Waals surface area contributed by atoms with Gasteiger partial charge in [0.05, 0.1) is 10.7 Å². The molecule has 5 heteroatoms. The van der Waals surface area contributed by atoms with Crippen molar-refractivity contribution in [3.05, 3.63) is 34.1 Å². The predicted molar refractivity (Wildman–Crippen MR) is 67.5 cm³/mol. The van der Waals surface area contributed by atoms with Crippen LogP contribution in [0, 0.1) is 19.7 Å². The van der Waals surface area contributed by atoms with Crippen molar-refractivity contribution in [2.24, 2.45) is 7.05 Å². The number of rotatable bonds is 1. The monoisotopic (exact) mass is 253 g/mol. The lowest BCUT2D eigenvalue weighted by Gasteiger charge is -2.09. The van der Waals surface area contributed by atoms with Crippen LogP contribution >= 0.6 is 11.6 Å². The van der Waals surface area contributed by atoms with E-state index < -0.39 is 5.82 Å². The predicted octanol–water partition coefficient (Wildman–Crippen LogP) is 3.08. The van der Waals surface area contributed by atoms with E-state index >= 15 is 0 Å². The van der Waals surface area contributed by atoms with Crippen LogP contribution in [0.25, 0.3) is 11.3 Å². The van der Waals surface area contributed by atoms with Crippen LogP contribution in [0.4, 0.5) is 10.2 Å². The second-order valence-electron chi connectivity index (χ2n) is 4.07. The summed E-state index contributed by atoms with van der Waals surface area (Å²) in [5.41, 5.74) is 8.37. The van der Waals surface area contributed by atoms with Crippen molar-refractivity contribution in [3.63, 3.8) is 0 Å². The number of halogens is 2. The summed E-state index contributed by atoms with van der Waals surface area (Å²) in [5.74, 6) is 0.0318. The van der Waals surface area contributed by atoms with Crippen LogP contribution in [0.15, 0.2) is 12.1 Å². The molecule has 0 aliphatic carbocycles. The fourth-order valence-electron chi connectivity index (χ4n) is 1.75. The van der Waals surface area contributed by atoms with E-state index in [1.165, 1.54) is 4.68 Å². The molecule has 17 heavy (non-hydrogen) atoms. The van der Waals surface area contributed by atoms with Crippen LogP contribution < -0.4 is 5.73 Å². The van der Waals surface area contributed by atoms with Crippen molar-refractivity contribution in [2.75, 3.05) is 5.73 Å². The minimum atomic E-state index is -0.451. The smallest absolute Gasteiger partial charge is 0.151 e. The summed E-state index contributed by atoms with van der Waals surface area (Å²) in [7, 11) is 1.71. The number of anilines is 1. The highest BCUT2D eigenvalue weighted by Crippen LogP contribution is 2.33. The first-order valence-corrected chi connectivity index (χ1v) is 5.54. The fraction of sp³-hybridized carbons (Fsp3) is 0.250. The maximum Gasteiger partial charge on any atom is 0.151 e. The van der Waals surface area contributed by atoms with Crippen molar-refractivity contribution in [1.82, 2.24) is 9.78 Å². The average molecular weight is 254 g/mol. The second-order valence-corrected chi connectivity index (χ2v) is 4.47. The minimum Gasteiger partial charge on any atom is -0.384 e. The molecular formula is C12H13ClFN3. The fourth-order valence-corrected chi connectivity index (χ4v) is 2.01. The summed E-state index contributed by atoms with van der Waals surface area (Å²) >= 11 is 5.85. The molecule has 0 fully saturated rings. The molecule has 0 spiro atoms. The van der Waals surface area contributed by atoms with E-state index in [1.807, 2.05) is 13.8 Å². The van der Waals surface area contributed by atoms with Gasteiger partial charge in [0.25, 0.3) is 0 Å².